The maximum Gasteiger partial charge on any atom is 0.254 e. The molecule has 0 spiro atoms. The van der Waals surface area contributed by atoms with Crippen LogP contribution >= 0.6 is 0 Å². The van der Waals surface area contributed by atoms with Crippen molar-refractivity contribution >= 4 is 22.5 Å². The van der Waals surface area contributed by atoms with Crippen LogP contribution < -0.4 is 0 Å². The zero-order chi connectivity index (χ0) is 18.1. The Morgan fingerprint density at radius 2 is 1.96 bits per heavy atom. The number of carbonyl (C=O) groups is 2. The molecular formula is C21H21N3O2. The highest BCUT2D eigenvalue weighted by molar-refractivity contribution is 6.07. The summed E-state index contributed by atoms with van der Waals surface area (Å²) < 4.78 is 1.63. The van der Waals surface area contributed by atoms with E-state index < -0.39 is 0 Å². The van der Waals surface area contributed by atoms with E-state index >= 15 is 0 Å². The van der Waals surface area contributed by atoms with Crippen molar-refractivity contribution in [1.29, 1.82) is 0 Å². The Labute approximate surface area is 152 Å². The topological polar surface area (TPSA) is 55.2 Å². The van der Waals surface area contributed by atoms with Gasteiger partial charge in [-0.3, -0.25) is 14.3 Å². The van der Waals surface area contributed by atoms with Crippen molar-refractivity contribution in [2.24, 2.45) is 7.05 Å². The number of fused-ring (bicyclic) bond motifs is 1. The van der Waals surface area contributed by atoms with Gasteiger partial charge in [0.1, 0.15) is 0 Å². The second kappa shape index (κ2) is 6.75. The number of Topliss-reactive ketones (excluding diaryl/α,β-unsaturated/α-hetero) is 1. The van der Waals surface area contributed by atoms with Gasteiger partial charge in [-0.1, -0.05) is 36.4 Å². The lowest BCUT2D eigenvalue weighted by atomic mass is 10.0. The van der Waals surface area contributed by atoms with Crippen LogP contribution in [0.4, 0.5) is 0 Å². The van der Waals surface area contributed by atoms with Crippen molar-refractivity contribution < 1.29 is 9.59 Å². The van der Waals surface area contributed by atoms with E-state index in [1.54, 1.807) is 24.1 Å². The third-order valence-electron chi connectivity index (χ3n) is 5.11. The van der Waals surface area contributed by atoms with Crippen molar-refractivity contribution in [1.82, 2.24) is 14.7 Å². The number of likely N-dealkylation sites (tertiary alicyclic amines) is 1. The molecule has 2 heterocycles. The molecular weight excluding hydrogens is 326 g/mol. The summed E-state index contributed by atoms with van der Waals surface area (Å²) in [5.41, 5.74) is 1.32. The lowest BCUT2D eigenvalue weighted by Crippen LogP contribution is -2.37. The Kier molecular flexibility index (Phi) is 4.29. The molecule has 1 saturated heterocycles. The molecule has 1 fully saturated rings. The molecule has 0 saturated carbocycles. The van der Waals surface area contributed by atoms with Gasteiger partial charge >= 0.3 is 0 Å². The molecule has 2 aromatic carbocycles. The predicted molar refractivity (Wildman–Crippen MR) is 100 cm³/mol. The molecule has 132 valence electrons. The quantitative estimate of drug-likeness (QED) is 0.679. The Morgan fingerprint density at radius 1 is 1.15 bits per heavy atom. The smallest absolute Gasteiger partial charge is 0.254 e. The van der Waals surface area contributed by atoms with E-state index in [2.05, 4.69) is 5.10 Å². The van der Waals surface area contributed by atoms with Gasteiger partial charge in [-0.2, -0.15) is 5.10 Å². The zero-order valence-corrected chi connectivity index (χ0v) is 14.8. The average Bonchev–Trinajstić information content (AvgIpc) is 3.29. The summed E-state index contributed by atoms with van der Waals surface area (Å²) in [5, 5.41) is 6.08. The molecule has 0 aliphatic carbocycles. The number of benzene rings is 2. The van der Waals surface area contributed by atoms with Crippen LogP contribution in [0.3, 0.4) is 0 Å². The fourth-order valence-corrected chi connectivity index (χ4v) is 3.78. The van der Waals surface area contributed by atoms with Crippen LogP contribution in [-0.4, -0.2) is 39.0 Å². The van der Waals surface area contributed by atoms with Crippen molar-refractivity contribution in [2.45, 2.75) is 25.3 Å². The Morgan fingerprint density at radius 3 is 2.77 bits per heavy atom. The van der Waals surface area contributed by atoms with E-state index in [0.29, 0.717) is 24.1 Å². The first-order valence-electron chi connectivity index (χ1n) is 8.94. The van der Waals surface area contributed by atoms with Crippen LogP contribution in [-0.2, 0) is 7.05 Å². The average molecular weight is 347 g/mol. The highest BCUT2D eigenvalue weighted by Gasteiger charge is 2.32. The summed E-state index contributed by atoms with van der Waals surface area (Å²) in [6.45, 7) is 0.701. The van der Waals surface area contributed by atoms with Crippen molar-refractivity contribution in [3.8, 4) is 0 Å². The number of carbonyl (C=O) groups excluding carboxylic acids is 2. The van der Waals surface area contributed by atoms with E-state index in [9.17, 15) is 9.59 Å². The number of aryl methyl sites for hydroxylation is 1. The molecule has 5 heteroatoms. The minimum Gasteiger partial charge on any atom is -0.335 e. The number of hydrogen-bond acceptors (Lipinski definition) is 3. The summed E-state index contributed by atoms with van der Waals surface area (Å²) in [6, 6.07) is 13.7. The molecule has 1 amide bonds. The fourth-order valence-electron chi connectivity index (χ4n) is 3.78. The van der Waals surface area contributed by atoms with Gasteiger partial charge in [0, 0.05) is 37.8 Å². The Bertz CT molecular complexity index is 971. The molecule has 0 unspecified atom stereocenters. The molecule has 1 aromatic heterocycles. The number of nitrogens with zero attached hydrogens (tertiary/aromatic N) is 3. The first-order valence-corrected chi connectivity index (χ1v) is 8.94. The van der Waals surface area contributed by atoms with E-state index in [1.165, 1.54) is 0 Å². The van der Waals surface area contributed by atoms with E-state index in [0.717, 1.165) is 23.6 Å². The SMILES string of the molecule is Cn1cc(C(=O)C[C@@H]2CCCN2C(=O)c2cccc3ccccc23)cn1. The summed E-state index contributed by atoms with van der Waals surface area (Å²) in [5.74, 6) is 0.0593. The zero-order valence-electron chi connectivity index (χ0n) is 14.8. The normalized spacial score (nSPS) is 17.0. The second-order valence-corrected chi connectivity index (χ2v) is 6.85. The van der Waals surface area contributed by atoms with Gasteiger partial charge in [0.25, 0.3) is 5.91 Å². The van der Waals surface area contributed by atoms with Crippen LogP contribution in [0.15, 0.2) is 54.9 Å². The monoisotopic (exact) mass is 347 g/mol. The highest BCUT2D eigenvalue weighted by Crippen LogP contribution is 2.27. The standard InChI is InChI=1S/C21H21N3O2/c1-23-14-16(13-22-23)20(25)12-17-8-5-11-24(17)21(26)19-10-4-7-15-6-2-3-9-18(15)19/h2-4,6-7,9-10,13-14,17H,5,8,11-12H2,1H3/t17-/m0/s1. The summed E-state index contributed by atoms with van der Waals surface area (Å²) in [4.78, 5) is 27.6. The number of rotatable bonds is 4. The summed E-state index contributed by atoms with van der Waals surface area (Å²) >= 11 is 0. The number of aromatic nitrogens is 2. The van der Waals surface area contributed by atoms with Crippen molar-refractivity contribution in [3.63, 3.8) is 0 Å². The van der Waals surface area contributed by atoms with E-state index in [4.69, 9.17) is 0 Å². The lowest BCUT2D eigenvalue weighted by Gasteiger charge is -2.25. The Hall–Kier alpha value is -2.95. The third kappa shape index (κ3) is 3.01. The molecule has 0 bridgehead atoms. The van der Waals surface area contributed by atoms with Crippen LogP contribution in [0.5, 0.6) is 0 Å². The maximum atomic E-state index is 13.2. The van der Waals surface area contributed by atoms with Crippen LogP contribution in [0, 0.1) is 0 Å². The van der Waals surface area contributed by atoms with E-state index in [1.807, 2.05) is 47.4 Å². The highest BCUT2D eigenvalue weighted by atomic mass is 16.2. The van der Waals surface area contributed by atoms with E-state index in [-0.39, 0.29) is 17.7 Å². The first kappa shape index (κ1) is 16.5. The van der Waals surface area contributed by atoms with Gasteiger partial charge in [0.2, 0.25) is 0 Å². The van der Waals surface area contributed by atoms with Gasteiger partial charge in [-0.05, 0) is 29.7 Å². The van der Waals surface area contributed by atoms with Crippen LogP contribution in [0.25, 0.3) is 10.8 Å². The number of hydrogen-bond donors (Lipinski definition) is 0. The molecule has 0 N–H and O–H groups in total. The Balaban J connectivity index is 1.57. The minimum atomic E-state index is -0.0471. The summed E-state index contributed by atoms with van der Waals surface area (Å²) in [7, 11) is 1.79. The minimum absolute atomic E-state index is 0.0169. The first-order chi connectivity index (χ1) is 12.6. The molecule has 5 nitrogen and oxygen atoms in total. The second-order valence-electron chi connectivity index (χ2n) is 6.85. The molecule has 1 atom stereocenters. The molecule has 3 aromatic rings. The van der Waals surface area contributed by atoms with Gasteiger partial charge in [0.15, 0.2) is 5.78 Å². The lowest BCUT2D eigenvalue weighted by molar-refractivity contribution is 0.0719. The van der Waals surface area contributed by atoms with Gasteiger partial charge in [0.05, 0.1) is 11.8 Å². The van der Waals surface area contributed by atoms with Crippen LogP contribution in [0.2, 0.25) is 0 Å². The summed E-state index contributed by atoms with van der Waals surface area (Å²) in [6.07, 6.45) is 5.47. The van der Waals surface area contributed by atoms with Crippen molar-refractivity contribution in [2.75, 3.05) is 6.54 Å². The third-order valence-corrected chi connectivity index (χ3v) is 5.11. The molecule has 4 rings (SSSR count). The largest absolute Gasteiger partial charge is 0.335 e. The van der Waals surface area contributed by atoms with Crippen LogP contribution in [0.1, 0.15) is 40.0 Å². The number of amides is 1. The number of ketones is 1. The fraction of sp³-hybridized carbons (Fsp3) is 0.286. The predicted octanol–water partition coefficient (Wildman–Crippen LogP) is 3.45. The van der Waals surface area contributed by atoms with Gasteiger partial charge < -0.3 is 4.90 Å². The van der Waals surface area contributed by atoms with Gasteiger partial charge in [-0.25, -0.2) is 0 Å². The molecule has 1 aliphatic rings. The van der Waals surface area contributed by atoms with Crippen molar-refractivity contribution in [3.05, 3.63) is 66.0 Å². The molecule has 1 aliphatic heterocycles. The molecule has 0 radical (unpaired) electrons. The maximum absolute atomic E-state index is 13.2. The molecule has 26 heavy (non-hydrogen) atoms. The van der Waals surface area contributed by atoms with Gasteiger partial charge in [-0.15, -0.1) is 0 Å².